The summed E-state index contributed by atoms with van der Waals surface area (Å²) in [5.74, 6) is 0.463. The third kappa shape index (κ3) is 3.05. The standard InChI is InChI=1S/C9H13NO2/c1-4-6-9(12-7-11)8(5-2)10-3/h4-7,10H,2H2,1,3H3/b6-4-,9-8-. The molecular formula is C9H13NO2. The van der Waals surface area contributed by atoms with Crippen molar-refractivity contribution in [3.63, 3.8) is 0 Å². The second-order valence-electron chi connectivity index (χ2n) is 1.95. The molecule has 0 aromatic carbocycles. The molecule has 0 fully saturated rings. The highest BCUT2D eigenvalue weighted by molar-refractivity contribution is 5.43. The van der Waals surface area contributed by atoms with E-state index >= 15 is 0 Å². The molecule has 0 bridgehead atoms. The van der Waals surface area contributed by atoms with Crippen molar-refractivity contribution in [1.29, 1.82) is 0 Å². The summed E-state index contributed by atoms with van der Waals surface area (Å²) in [7, 11) is 1.73. The zero-order valence-corrected chi connectivity index (χ0v) is 7.33. The van der Waals surface area contributed by atoms with E-state index in [1.54, 1.807) is 25.3 Å². The highest BCUT2D eigenvalue weighted by Crippen LogP contribution is 2.04. The summed E-state index contributed by atoms with van der Waals surface area (Å²) < 4.78 is 4.70. The van der Waals surface area contributed by atoms with Crippen LogP contribution in [-0.4, -0.2) is 13.5 Å². The van der Waals surface area contributed by atoms with Crippen LogP contribution in [0.25, 0.3) is 0 Å². The first-order chi connectivity index (χ1) is 5.79. The highest BCUT2D eigenvalue weighted by Gasteiger charge is 1.98. The van der Waals surface area contributed by atoms with Crippen LogP contribution in [0.3, 0.4) is 0 Å². The second kappa shape index (κ2) is 6.22. The average Bonchev–Trinajstić information content (AvgIpc) is 2.07. The fraction of sp³-hybridized carbons (Fsp3) is 0.222. The molecule has 0 amide bonds. The topological polar surface area (TPSA) is 38.3 Å². The minimum atomic E-state index is 0.385. The molecule has 0 atom stereocenters. The lowest BCUT2D eigenvalue weighted by Gasteiger charge is -2.04. The Morgan fingerprint density at radius 3 is 2.58 bits per heavy atom. The minimum Gasteiger partial charge on any atom is -0.427 e. The average molecular weight is 167 g/mol. The normalized spacial score (nSPS) is 12.2. The molecule has 0 unspecified atom stereocenters. The number of hydrogen-bond donors (Lipinski definition) is 1. The van der Waals surface area contributed by atoms with Gasteiger partial charge in [-0.25, -0.2) is 0 Å². The van der Waals surface area contributed by atoms with E-state index in [0.29, 0.717) is 17.9 Å². The first-order valence-corrected chi connectivity index (χ1v) is 3.57. The maximum Gasteiger partial charge on any atom is 0.298 e. The summed E-state index contributed by atoms with van der Waals surface area (Å²) in [6.45, 7) is 5.79. The van der Waals surface area contributed by atoms with Crippen LogP contribution in [0.2, 0.25) is 0 Å². The van der Waals surface area contributed by atoms with Crippen LogP contribution in [0.15, 0.2) is 36.3 Å². The Labute approximate surface area is 72.4 Å². The van der Waals surface area contributed by atoms with E-state index < -0.39 is 0 Å². The number of carbonyl (C=O) groups excluding carboxylic acids is 1. The number of rotatable bonds is 5. The number of nitrogens with one attached hydrogen (secondary N) is 1. The lowest BCUT2D eigenvalue weighted by atomic mass is 10.3. The molecule has 0 rings (SSSR count). The second-order valence-corrected chi connectivity index (χ2v) is 1.95. The summed E-state index contributed by atoms with van der Waals surface area (Å²) >= 11 is 0. The molecule has 12 heavy (non-hydrogen) atoms. The van der Waals surface area contributed by atoms with Gasteiger partial charge in [-0.15, -0.1) is 0 Å². The van der Waals surface area contributed by atoms with Crippen LogP contribution < -0.4 is 5.32 Å². The van der Waals surface area contributed by atoms with Gasteiger partial charge in [-0.3, -0.25) is 4.79 Å². The maximum absolute atomic E-state index is 10.1. The maximum atomic E-state index is 10.1. The van der Waals surface area contributed by atoms with Crippen molar-refractivity contribution in [1.82, 2.24) is 5.32 Å². The third-order valence-corrected chi connectivity index (χ3v) is 1.23. The van der Waals surface area contributed by atoms with E-state index in [2.05, 4.69) is 11.9 Å². The molecule has 0 aliphatic heterocycles. The van der Waals surface area contributed by atoms with Crippen molar-refractivity contribution in [3.05, 3.63) is 36.3 Å². The smallest absolute Gasteiger partial charge is 0.298 e. The zero-order valence-electron chi connectivity index (χ0n) is 7.33. The van der Waals surface area contributed by atoms with Crippen LogP contribution in [0, 0.1) is 0 Å². The van der Waals surface area contributed by atoms with E-state index in [1.807, 2.05) is 6.92 Å². The highest BCUT2D eigenvalue weighted by atomic mass is 16.5. The van der Waals surface area contributed by atoms with Gasteiger partial charge in [0, 0.05) is 7.05 Å². The summed E-state index contributed by atoms with van der Waals surface area (Å²) in [6.07, 6.45) is 5.04. The minimum absolute atomic E-state index is 0.385. The molecule has 3 nitrogen and oxygen atoms in total. The Hall–Kier alpha value is -1.51. The predicted molar refractivity (Wildman–Crippen MR) is 48.2 cm³/mol. The Bertz CT molecular complexity index is 217. The molecule has 0 saturated carbocycles. The van der Waals surface area contributed by atoms with Crippen LogP contribution in [0.5, 0.6) is 0 Å². The molecule has 0 spiro atoms. The molecule has 0 heterocycles. The molecule has 1 N–H and O–H groups in total. The summed E-state index contributed by atoms with van der Waals surface area (Å²) in [5, 5.41) is 2.85. The number of likely N-dealkylation sites (N-methyl/N-ethyl adjacent to an activating group) is 1. The van der Waals surface area contributed by atoms with Gasteiger partial charge in [0.15, 0.2) is 5.76 Å². The number of carbonyl (C=O) groups is 1. The van der Waals surface area contributed by atoms with Gasteiger partial charge in [0.05, 0.1) is 5.70 Å². The van der Waals surface area contributed by atoms with Crippen LogP contribution in [0.1, 0.15) is 6.92 Å². The molecule has 0 aliphatic carbocycles. The fourth-order valence-corrected chi connectivity index (χ4v) is 0.722. The first kappa shape index (κ1) is 10.5. The molecule has 66 valence electrons. The molecule has 0 radical (unpaired) electrons. The first-order valence-electron chi connectivity index (χ1n) is 3.57. The molecule has 3 heteroatoms. The number of allylic oxidation sites excluding steroid dienone is 3. The Kier molecular flexibility index (Phi) is 5.43. The van der Waals surface area contributed by atoms with Crippen molar-refractivity contribution in [2.24, 2.45) is 0 Å². The fourth-order valence-electron chi connectivity index (χ4n) is 0.722. The quantitative estimate of drug-likeness (QED) is 0.381. The lowest BCUT2D eigenvalue weighted by molar-refractivity contribution is -0.124. The molecule has 0 aromatic heterocycles. The molecule has 0 saturated heterocycles. The monoisotopic (exact) mass is 167 g/mol. The van der Waals surface area contributed by atoms with Crippen LogP contribution in [0.4, 0.5) is 0 Å². The van der Waals surface area contributed by atoms with Gasteiger partial charge in [0.1, 0.15) is 0 Å². The van der Waals surface area contributed by atoms with Crippen molar-refractivity contribution < 1.29 is 9.53 Å². The summed E-state index contributed by atoms with van der Waals surface area (Å²) in [6, 6.07) is 0. The number of hydrogen-bond acceptors (Lipinski definition) is 3. The van der Waals surface area contributed by atoms with Gasteiger partial charge in [0.25, 0.3) is 6.47 Å². The van der Waals surface area contributed by atoms with Crippen molar-refractivity contribution in [3.8, 4) is 0 Å². The van der Waals surface area contributed by atoms with E-state index in [-0.39, 0.29) is 0 Å². The predicted octanol–water partition coefficient (Wildman–Crippen LogP) is 1.35. The van der Waals surface area contributed by atoms with Gasteiger partial charge in [-0.05, 0) is 19.1 Å². The van der Waals surface area contributed by atoms with Gasteiger partial charge in [0.2, 0.25) is 0 Å². The Balaban J connectivity index is 4.73. The van der Waals surface area contributed by atoms with Crippen molar-refractivity contribution in [2.45, 2.75) is 6.92 Å². The van der Waals surface area contributed by atoms with Gasteiger partial charge in [-0.1, -0.05) is 12.7 Å². The van der Waals surface area contributed by atoms with E-state index in [4.69, 9.17) is 4.74 Å². The van der Waals surface area contributed by atoms with E-state index in [1.165, 1.54) is 0 Å². The molecular weight excluding hydrogens is 154 g/mol. The van der Waals surface area contributed by atoms with Crippen molar-refractivity contribution >= 4 is 6.47 Å². The molecule has 0 aliphatic rings. The van der Waals surface area contributed by atoms with Crippen molar-refractivity contribution in [2.75, 3.05) is 7.05 Å². The van der Waals surface area contributed by atoms with Crippen LogP contribution in [-0.2, 0) is 9.53 Å². The summed E-state index contributed by atoms with van der Waals surface area (Å²) in [5.41, 5.74) is 0.681. The Morgan fingerprint density at radius 1 is 1.58 bits per heavy atom. The van der Waals surface area contributed by atoms with E-state index in [0.717, 1.165) is 0 Å². The third-order valence-electron chi connectivity index (χ3n) is 1.23. The lowest BCUT2D eigenvalue weighted by Crippen LogP contribution is -2.07. The van der Waals surface area contributed by atoms with Gasteiger partial charge in [-0.2, -0.15) is 0 Å². The van der Waals surface area contributed by atoms with Gasteiger partial charge >= 0.3 is 0 Å². The summed E-state index contributed by atoms with van der Waals surface area (Å²) in [4.78, 5) is 10.1. The van der Waals surface area contributed by atoms with Crippen LogP contribution >= 0.6 is 0 Å². The van der Waals surface area contributed by atoms with E-state index in [9.17, 15) is 4.79 Å². The zero-order chi connectivity index (χ0) is 9.40. The molecule has 0 aromatic rings. The largest absolute Gasteiger partial charge is 0.427 e. The SMILES string of the molecule is C=C/C(NC)=C(\C=C/C)OC=O. The Morgan fingerprint density at radius 2 is 2.25 bits per heavy atom. The number of ether oxygens (including phenoxy) is 1. The van der Waals surface area contributed by atoms with Gasteiger partial charge < -0.3 is 10.1 Å².